The third-order valence-electron chi connectivity index (χ3n) is 3.78. The molecule has 0 aliphatic rings. The van der Waals surface area contributed by atoms with Crippen molar-refractivity contribution in [2.45, 2.75) is 18.4 Å². The van der Waals surface area contributed by atoms with Gasteiger partial charge < -0.3 is 10.1 Å². The Hall–Kier alpha value is -2.45. The lowest BCUT2D eigenvalue weighted by Crippen LogP contribution is -2.27. The van der Waals surface area contributed by atoms with Gasteiger partial charge in [0.15, 0.2) is 0 Å². The molecule has 0 saturated heterocycles. The highest BCUT2D eigenvalue weighted by molar-refractivity contribution is 7.89. The molecule has 1 amide bonds. The first-order valence-corrected chi connectivity index (χ1v) is 9.40. The van der Waals surface area contributed by atoms with Crippen LogP contribution in [0.25, 0.3) is 0 Å². The van der Waals surface area contributed by atoms with Crippen molar-refractivity contribution in [3.05, 3.63) is 59.4 Å². The third kappa shape index (κ3) is 4.39. The molecule has 0 aliphatic carbocycles. The lowest BCUT2D eigenvalue weighted by atomic mass is 10.2. The highest BCUT2D eigenvalue weighted by atomic mass is 32.2. The smallest absolute Gasteiger partial charge is 0.255 e. The molecule has 140 valence electrons. The molecule has 0 radical (unpaired) electrons. The van der Waals surface area contributed by atoms with Crippen LogP contribution in [0.4, 0.5) is 4.39 Å². The van der Waals surface area contributed by atoms with E-state index in [0.717, 1.165) is 4.31 Å². The van der Waals surface area contributed by atoms with Gasteiger partial charge in [-0.25, -0.2) is 12.8 Å². The fourth-order valence-electron chi connectivity index (χ4n) is 2.39. The van der Waals surface area contributed by atoms with Crippen LogP contribution in [0.2, 0.25) is 0 Å². The van der Waals surface area contributed by atoms with Gasteiger partial charge >= 0.3 is 0 Å². The Balaban J connectivity index is 2.33. The van der Waals surface area contributed by atoms with Gasteiger partial charge in [0, 0.05) is 20.1 Å². The van der Waals surface area contributed by atoms with Gasteiger partial charge in [-0.3, -0.25) is 4.79 Å². The molecule has 0 aliphatic heterocycles. The highest BCUT2D eigenvalue weighted by Gasteiger charge is 2.24. The number of sulfonamides is 1. The Labute approximate surface area is 152 Å². The van der Waals surface area contributed by atoms with Crippen molar-refractivity contribution in [2.24, 2.45) is 0 Å². The molecular formula is C18H21FN2O4S. The quantitative estimate of drug-likeness (QED) is 0.800. The summed E-state index contributed by atoms with van der Waals surface area (Å²) in [5.41, 5.74) is 0.792. The van der Waals surface area contributed by atoms with Crippen LogP contribution in [0.15, 0.2) is 47.4 Å². The predicted molar refractivity (Wildman–Crippen MR) is 96.1 cm³/mol. The number of rotatable bonds is 7. The van der Waals surface area contributed by atoms with E-state index in [1.165, 1.54) is 56.6 Å². The maximum absolute atomic E-state index is 13.0. The standard InChI is InChI=1S/C18H21FN2O4S/c1-4-20-18(22)16-11-15(9-10-17(16)25-3)26(23,24)21(2)12-13-5-7-14(19)8-6-13/h5-11H,4,12H2,1-3H3,(H,20,22). The normalized spacial score (nSPS) is 11.4. The molecule has 8 heteroatoms. The van der Waals surface area contributed by atoms with Crippen LogP contribution in [-0.4, -0.2) is 39.3 Å². The second kappa shape index (κ2) is 8.29. The second-order valence-electron chi connectivity index (χ2n) is 5.61. The van der Waals surface area contributed by atoms with Crippen LogP contribution in [-0.2, 0) is 16.6 Å². The number of nitrogens with one attached hydrogen (secondary N) is 1. The largest absolute Gasteiger partial charge is 0.496 e. The maximum Gasteiger partial charge on any atom is 0.255 e. The van der Waals surface area contributed by atoms with Crippen LogP contribution >= 0.6 is 0 Å². The van der Waals surface area contributed by atoms with E-state index in [2.05, 4.69) is 5.32 Å². The highest BCUT2D eigenvalue weighted by Crippen LogP contribution is 2.25. The molecule has 0 heterocycles. The topological polar surface area (TPSA) is 75.7 Å². The molecule has 0 atom stereocenters. The average molecular weight is 380 g/mol. The average Bonchev–Trinajstić information content (AvgIpc) is 2.63. The number of benzene rings is 2. The Morgan fingerprint density at radius 2 is 1.85 bits per heavy atom. The Kier molecular flexibility index (Phi) is 6.33. The summed E-state index contributed by atoms with van der Waals surface area (Å²) >= 11 is 0. The zero-order valence-electron chi connectivity index (χ0n) is 14.8. The van der Waals surface area contributed by atoms with Crippen molar-refractivity contribution in [3.63, 3.8) is 0 Å². The van der Waals surface area contributed by atoms with E-state index >= 15 is 0 Å². The lowest BCUT2D eigenvalue weighted by Gasteiger charge is -2.18. The van der Waals surface area contributed by atoms with Crippen LogP contribution in [0, 0.1) is 5.82 Å². The Morgan fingerprint density at radius 3 is 2.42 bits per heavy atom. The van der Waals surface area contributed by atoms with Gasteiger partial charge in [0.25, 0.3) is 5.91 Å². The molecule has 26 heavy (non-hydrogen) atoms. The Morgan fingerprint density at radius 1 is 1.19 bits per heavy atom. The van der Waals surface area contributed by atoms with Gasteiger partial charge in [-0.05, 0) is 42.8 Å². The van der Waals surface area contributed by atoms with Gasteiger partial charge in [-0.1, -0.05) is 12.1 Å². The molecule has 2 aromatic carbocycles. The summed E-state index contributed by atoms with van der Waals surface area (Å²) in [6, 6.07) is 9.72. The minimum Gasteiger partial charge on any atom is -0.496 e. The van der Waals surface area contributed by atoms with Gasteiger partial charge in [0.1, 0.15) is 11.6 Å². The van der Waals surface area contributed by atoms with Crippen LogP contribution in [0.5, 0.6) is 5.75 Å². The van der Waals surface area contributed by atoms with E-state index in [9.17, 15) is 17.6 Å². The second-order valence-corrected chi connectivity index (χ2v) is 7.65. The molecule has 0 bridgehead atoms. The van der Waals surface area contributed by atoms with E-state index in [-0.39, 0.29) is 28.6 Å². The van der Waals surface area contributed by atoms with E-state index in [1.54, 1.807) is 6.92 Å². The zero-order chi connectivity index (χ0) is 19.3. The number of carbonyl (C=O) groups is 1. The number of carbonyl (C=O) groups excluding carboxylic acids is 1. The maximum atomic E-state index is 13.0. The summed E-state index contributed by atoms with van der Waals surface area (Å²) in [5.74, 6) is -0.514. The molecule has 2 aromatic rings. The predicted octanol–water partition coefficient (Wildman–Crippen LogP) is 2.40. The molecule has 0 spiro atoms. The number of halogens is 1. The fourth-order valence-corrected chi connectivity index (χ4v) is 3.58. The molecule has 0 aromatic heterocycles. The summed E-state index contributed by atoms with van der Waals surface area (Å²) in [6.45, 7) is 2.25. The number of hydrogen-bond donors (Lipinski definition) is 1. The molecule has 0 unspecified atom stereocenters. The molecular weight excluding hydrogens is 359 g/mol. The third-order valence-corrected chi connectivity index (χ3v) is 5.58. The van der Waals surface area contributed by atoms with E-state index in [1.807, 2.05) is 0 Å². The summed E-state index contributed by atoms with van der Waals surface area (Å²) in [7, 11) is -1.00. The van der Waals surface area contributed by atoms with Gasteiger partial charge in [-0.2, -0.15) is 4.31 Å². The van der Waals surface area contributed by atoms with Crippen LogP contribution in [0.1, 0.15) is 22.8 Å². The summed E-state index contributed by atoms with van der Waals surface area (Å²) < 4.78 is 44.9. The summed E-state index contributed by atoms with van der Waals surface area (Å²) in [5, 5.41) is 2.63. The number of nitrogens with zero attached hydrogens (tertiary/aromatic N) is 1. The molecule has 1 N–H and O–H groups in total. The first-order valence-electron chi connectivity index (χ1n) is 7.96. The van der Waals surface area contributed by atoms with E-state index < -0.39 is 15.9 Å². The van der Waals surface area contributed by atoms with Gasteiger partial charge in [0.05, 0.1) is 17.6 Å². The molecule has 0 fully saturated rings. The van der Waals surface area contributed by atoms with Crippen molar-refractivity contribution >= 4 is 15.9 Å². The van der Waals surface area contributed by atoms with E-state index in [0.29, 0.717) is 12.1 Å². The van der Waals surface area contributed by atoms with E-state index in [4.69, 9.17) is 4.74 Å². The van der Waals surface area contributed by atoms with Crippen LogP contribution < -0.4 is 10.1 Å². The van der Waals surface area contributed by atoms with Crippen molar-refractivity contribution in [1.29, 1.82) is 0 Å². The first kappa shape index (κ1) is 19.9. The molecule has 2 rings (SSSR count). The first-order chi connectivity index (χ1) is 12.3. The van der Waals surface area contributed by atoms with Crippen molar-refractivity contribution in [1.82, 2.24) is 9.62 Å². The minimum atomic E-state index is -3.84. The fraction of sp³-hybridized carbons (Fsp3) is 0.278. The van der Waals surface area contributed by atoms with Gasteiger partial charge in [0.2, 0.25) is 10.0 Å². The number of amides is 1. The summed E-state index contributed by atoms with van der Waals surface area (Å²) in [4.78, 5) is 12.1. The summed E-state index contributed by atoms with van der Waals surface area (Å²) in [6.07, 6.45) is 0. The molecule has 0 saturated carbocycles. The van der Waals surface area contributed by atoms with Crippen molar-refractivity contribution < 1.29 is 22.3 Å². The number of hydrogen-bond acceptors (Lipinski definition) is 4. The van der Waals surface area contributed by atoms with Crippen molar-refractivity contribution in [3.8, 4) is 5.75 Å². The SMILES string of the molecule is CCNC(=O)c1cc(S(=O)(=O)N(C)Cc2ccc(F)cc2)ccc1OC. The monoisotopic (exact) mass is 380 g/mol. The lowest BCUT2D eigenvalue weighted by molar-refractivity contribution is 0.0952. The van der Waals surface area contributed by atoms with Crippen LogP contribution in [0.3, 0.4) is 0 Å². The Bertz CT molecular complexity index is 883. The van der Waals surface area contributed by atoms with Gasteiger partial charge in [-0.15, -0.1) is 0 Å². The van der Waals surface area contributed by atoms with Crippen molar-refractivity contribution in [2.75, 3.05) is 20.7 Å². The minimum absolute atomic E-state index is 0.0239. The molecule has 6 nitrogen and oxygen atoms in total. The number of methoxy groups -OCH3 is 1. The number of ether oxygens (including phenoxy) is 1. The zero-order valence-corrected chi connectivity index (χ0v) is 15.6.